The highest BCUT2D eigenvalue weighted by Gasteiger charge is 2.33. The Morgan fingerprint density at radius 2 is 2.12 bits per heavy atom. The number of aliphatic hydroxyl groups excluding tert-OH is 1. The predicted molar refractivity (Wildman–Crippen MR) is 68.7 cm³/mol. The Morgan fingerprint density at radius 1 is 1.53 bits per heavy atom. The molecule has 0 radical (unpaired) electrons. The van der Waals surface area contributed by atoms with Crippen molar-refractivity contribution in [2.75, 3.05) is 13.1 Å². The average Bonchev–Trinajstić information content (AvgIpc) is 2.14. The lowest BCUT2D eigenvalue weighted by atomic mass is 9.94. The minimum atomic E-state index is -0.700. The van der Waals surface area contributed by atoms with Crippen LogP contribution < -0.4 is 5.73 Å². The van der Waals surface area contributed by atoms with Crippen LogP contribution in [0.25, 0.3) is 0 Å². The van der Waals surface area contributed by atoms with Crippen LogP contribution in [0.4, 0.5) is 4.79 Å². The van der Waals surface area contributed by atoms with Gasteiger partial charge in [0.1, 0.15) is 5.60 Å². The maximum Gasteiger partial charge on any atom is 0.410 e. The molecule has 1 aliphatic rings. The number of likely N-dealkylation sites (tertiary alicyclic amines) is 1. The van der Waals surface area contributed by atoms with Gasteiger partial charge in [0.25, 0.3) is 0 Å². The smallest absolute Gasteiger partial charge is 0.410 e. The summed E-state index contributed by atoms with van der Waals surface area (Å²) in [6.07, 6.45) is -0.526. The second-order valence-corrected chi connectivity index (χ2v) is 5.76. The van der Waals surface area contributed by atoms with Crippen molar-refractivity contribution in [1.82, 2.24) is 4.90 Å². The molecular weight excluding hydrogens is 240 g/mol. The van der Waals surface area contributed by atoms with Gasteiger partial charge in [-0.2, -0.15) is 0 Å². The van der Waals surface area contributed by atoms with E-state index in [1.54, 1.807) is 0 Å². The van der Waals surface area contributed by atoms with E-state index in [2.05, 4.69) is 0 Å². The van der Waals surface area contributed by atoms with Crippen molar-refractivity contribution >= 4 is 23.3 Å². The molecule has 98 valence electrons. The van der Waals surface area contributed by atoms with Crippen LogP contribution in [-0.2, 0) is 4.74 Å². The number of rotatable bonds is 1. The first-order valence-electron chi connectivity index (χ1n) is 5.66. The van der Waals surface area contributed by atoms with Gasteiger partial charge in [0.2, 0.25) is 0 Å². The fourth-order valence-electron chi connectivity index (χ4n) is 1.76. The number of nitrogens with zero attached hydrogens (tertiary/aromatic N) is 1. The zero-order valence-corrected chi connectivity index (χ0v) is 11.3. The van der Waals surface area contributed by atoms with Crippen LogP contribution in [0.15, 0.2) is 0 Å². The van der Waals surface area contributed by atoms with Gasteiger partial charge in [0.15, 0.2) is 0 Å². The summed E-state index contributed by atoms with van der Waals surface area (Å²) >= 11 is 4.87. The van der Waals surface area contributed by atoms with E-state index in [4.69, 9.17) is 22.7 Å². The highest BCUT2D eigenvalue weighted by atomic mass is 32.1. The highest BCUT2D eigenvalue weighted by Crippen LogP contribution is 2.20. The quantitative estimate of drug-likeness (QED) is 0.685. The minimum Gasteiger partial charge on any atom is -0.444 e. The van der Waals surface area contributed by atoms with Crippen LogP contribution in [0.3, 0.4) is 0 Å². The number of thiocarbonyl (C=S) groups is 1. The van der Waals surface area contributed by atoms with Crippen molar-refractivity contribution in [3.63, 3.8) is 0 Å². The molecule has 1 heterocycles. The minimum absolute atomic E-state index is 0.205. The first kappa shape index (κ1) is 14.2. The molecule has 0 aromatic carbocycles. The van der Waals surface area contributed by atoms with Gasteiger partial charge in [-0.15, -0.1) is 0 Å². The molecule has 2 atom stereocenters. The molecule has 1 rings (SSSR count). The summed E-state index contributed by atoms with van der Waals surface area (Å²) in [5.74, 6) is -0.205. The summed E-state index contributed by atoms with van der Waals surface area (Å²) in [7, 11) is 0. The maximum absolute atomic E-state index is 11.8. The van der Waals surface area contributed by atoms with E-state index < -0.39 is 17.8 Å². The summed E-state index contributed by atoms with van der Waals surface area (Å²) in [5, 5.41) is 9.84. The molecule has 0 aromatic rings. The van der Waals surface area contributed by atoms with E-state index >= 15 is 0 Å². The van der Waals surface area contributed by atoms with E-state index in [-0.39, 0.29) is 12.5 Å². The van der Waals surface area contributed by atoms with Crippen LogP contribution in [0.2, 0.25) is 0 Å². The molecule has 0 aliphatic carbocycles. The zero-order chi connectivity index (χ0) is 13.2. The third-order valence-corrected chi connectivity index (χ3v) is 2.90. The predicted octanol–water partition coefficient (Wildman–Crippen LogP) is 0.890. The Bertz CT molecular complexity index is 314. The van der Waals surface area contributed by atoms with E-state index in [9.17, 15) is 9.90 Å². The lowest BCUT2D eigenvalue weighted by molar-refractivity contribution is -0.00292. The summed E-state index contributed by atoms with van der Waals surface area (Å²) in [5.41, 5.74) is 4.99. The summed E-state index contributed by atoms with van der Waals surface area (Å²) in [4.78, 5) is 13.6. The molecule has 0 spiro atoms. The summed E-state index contributed by atoms with van der Waals surface area (Å²) < 4.78 is 5.23. The van der Waals surface area contributed by atoms with Gasteiger partial charge < -0.3 is 20.5 Å². The van der Waals surface area contributed by atoms with E-state index in [1.807, 2.05) is 20.8 Å². The van der Waals surface area contributed by atoms with Crippen molar-refractivity contribution in [1.29, 1.82) is 0 Å². The monoisotopic (exact) mass is 260 g/mol. The summed E-state index contributed by atoms with van der Waals surface area (Å²) in [6.45, 7) is 6.15. The van der Waals surface area contributed by atoms with E-state index in [1.165, 1.54) is 4.90 Å². The number of ether oxygens (including phenoxy) is 1. The van der Waals surface area contributed by atoms with Crippen LogP contribution in [0.5, 0.6) is 0 Å². The Balaban J connectivity index is 2.55. The van der Waals surface area contributed by atoms with Gasteiger partial charge in [-0.1, -0.05) is 12.2 Å². The lowest BCUT2D eigenvalue weighted by Gasteiger charge is -2.36. The van der Waals surface area contributed by atoms with Gasteiger partial charge >= 0.3 is 6.09 Å². The molecule has 0 bridgehead atoms. The number of aliphatic hydroxyl groups is 1. The first-order valence-corrected chi connectivity index (χ1v) is 6.07. The molecule has 0 aromatic heterocycles. The van der Waals surface area contributed by atoms with Crippen molar-refractivity contribution in [2.24, 2.45) is 11.7 Å². The number of hydrogen-bond acceptors (Lipinski definition) is 4. The van der Waals surface area contributed by atoms with Crippen LogP contribution in [-0.4, -0.2) is 45.9 Å². The third-order valence-electron chi connectivity index (χ3n) is 2.60. The Labute approximate surface area is 107 Å². The van der Waals surface area contributed by atoms with Gasteiger partial charge in [0.05, 0.1) is 17.6 Å². The van der Waals surface area contributed by atoms with Crippen LogP contribution in [0, 0.1) is 5.92 Å². The zero-order valence-electron chi connectivity index (χ0n) is 10.5. The molecule has 2 unspecified atom stereocenters. The van der Waals surface area contributed by atoms with Crippen molar-refractivity contribution in [2.45, 2.75) is 38.9 Å². The molecule has 3 N–H and O–H groups in total. The van der Waals surface area contributed by atoms with Crippen LogP contribution >= 0.6 is 12.2 Å². The molecule has 6 heteroatoms. The molecular formula is C11H20N2O3S. The number of amides is 1. The van der Waals surface area contributed by atoms with Crippen molar-refractivity contribution in [3.8, 4) is 0 Å². The normalized spacial score (nSPS) is 25.5. The Kier molecular flexibility index (Phi) is 4.32. The molecule has 1 aliphatic heterocycles. The topological polar surface area (TPSA) is 75.8 Å². The fraction of sp³-hybridized carbons (Fsp3) is 0.818. The number of β-amino-alcohol motifs (C(OH)–C–C–N with tert-alkyl or cyclic N) is 1. The van der Waals surface area contributed by atoms with Gasteiger partial charge in [-0.3, -0.25) is 0 Å². The molecule has 1 amide bonds. The standard InChI is InChI=1S/C11H20N2O3S/c1-11(2,3)16-10(15)13-5-4-7(9(12)17)8(14)6-13/h7-8,14H,4-6H2,1-3H3,(H2,12,17). The molecule has 1 fully saturated rings. The highest BCUT2D eigenvalue weighted by molar-refractivity contribution is 7.80. The Hall–Kier alpha value is -0.880. The summed E-state index contributed by atoms with van der Waals surface area (Å²) in [6, 6.07) is 0. The van der Waals surface area contributed by atoms with Crippen molar-refractivity contribution in [3.05, 3.63) is 0 Å². The van der Waals surface area contributed by atoms with Gasteiger partial charge in [-0.05, 0) is 27.2 Å². The largest absolute Gasteiger partial charge is 0.444 e. The first-order chi connectivity index (χ1) is 7.70. The number of carbonyl (C=O) groups excluding carboxylic acids is 1. The SMILES string of the molecule is CC(C)(C)OC(=O)N1CCC(C(N)=S)C(O)C1. The van der Waals surface area contributed by atoms with Crippen LogP contribution in [0.1, 0.15) is 27.2 Å². The molecule has 17 heavy (non-hydrogen) atoms. The maximum atomic E-state index is 11.8. The molecule has 0 saturated carbocycles. The second-order valence-electron chi connectivity index (χ2n) is 5.29. The number of hydrogen-bond donors (Lipinski definition) is 2. The number of nitrogens with two attached hydrogens (primary N) is 1. The second kappa shape index (κ2) is 5.18. The molecule has 1 saturated heterocycles. The van der Waals surface area contributed by atoms with E-state index in [0.29, 0.717) is 18.0 Å². The molecule has 5 nitrogen and oxygen atoms in total. The Morgan fingerprint density at radius 3 is 2.53 bits per heavy atom. The average molecular weight is 260 g/mol. The van der Waals surface area contributed by atoms with Crippen molar-refractivity contribution < 1.29 is 14.6 Å². The van der Waals surface area contributed by atoms with E-state index in [0.717, 1.165) is 0 Å². The third kappa shape index (κ3) is 4.12. The number of carbonyl (C=O) groups is 1. The fourth-order valence-corrected chi connectivity index (χ4v) is 2.03. The van der Waals surface area contributed by atoms with Gasteiger partial charge in [0, 0.05) is 12.5 Å². The lowest BCUT2D eigenvalue weighted by Crippen LogP contribution is -2.50. The van der Waals surface area contributed by atoms with Gasteiger partial charge in [-0.25, -0.2) is 4.79 Å². The number of piperidine rings is 1.